The average molecular weight is 320 g/mol. The standard InChI is InChI=1S/C20H32O3/c1-15-6-5-13-20(4)18(23-20)12-9-16(2)8-11-17(10-7-15)19(3,22)14-21/h6,8,11,18,21-22H,5,7,9-10,12-14H2,1-4H3/b15-6+,16-8+,17-11+. The Morgan fingerprint density at radius 1 is 1.22 bits per heavy atom. The largest absolute Gasteiger partial charge is 0.393 e. The molecule has 3 nitrogen and oxygen atoms in total. The highest BCUT2D eigenvalue weighted by atomic mass is 16.6. The lowest BCUT2D eigenvalue weighted by Crippen LogP contribution is -2.31. The van der Waals surface area contributed by atoms with Crippen LogP contribution in [0.2, 0.25) is 0 Å². The van der Waals surface area contributed by atoms with Crippen molar-refractivity contribution >= 4 is 0 Å². The van der Waals surface area contributed by atoms with Gasteiger partial charge in [0, 0.05) is 0 Å². The van der Waals surface area contributed by atoms with Crippen LogP contribution in [0.15, 0.2) is 34.9 Å². The first-order valence-corrected chi connectivity index (χ1v) is 8.80. The smallest absolute Gasteiger partial charge is 0.106 e. The van der Waals surface area contributed by atoms with E-state index in [2.05, 4.69) is 32.9 Å². The van der Waals surface area contributed by atoms with E-state index in [-0.39, 0.29) is 12.2 Å². The molecular weight excluding hydrogens is 288 g/mol. The summed E-state index contributed by atoms with van der Waals surface area (Å²) in [6, 6.07) is 0. The molecule has 3 unspecified atom stereocenters. The molecule has 2 aliphatic rings. The van der Waals surface area contributed by atoms with Crippen molar-refractivity contribution in [2.45, 2.75) is 83.5 Å². The van der Waals surface area contributed by atoms with E-state index in [1.807, 2.05) is 6.08 Å². The van der Waals surface area contributed by atoms with Crippen molar-refractivity contribution in [2.75, 3.05) is 6.61 Å². The van der Waals surface area contributed by atoms with Crippen LogP contribution < -0.4 is 0 Å². The minimum absolute atomic E-state index is 0.0722. The molecule has 1 aliphatic heterocycles. The third kappa shape index (κ3) is 5.03. The summed E-state index contributed by atoms with van der Waals surface area (Å²) in [4.78, 5) is 0. The molecule has 1 heterocycles. The Labute approximate surface area is 140 Å². The number of hydrogen-bond donors (Lipinski definition) is 2. The van der Waals surface area contributed by atoms with E-state index in [4.69, 9.17) is 4.74 Å². The van der Waals surface area contributed by atoms with Gasteiger partial charge in [-0.15, -0.1) is 0 Å². The Bertz CT molecular complexity index is 513. The van der Waals surface area contributed by atoms with E-state index in [9.17, 15) is 10.2 Å². The zero-order chi connectivity index (χ0) is 17.1. The minimum atomic E-state index is -1.15. The molecule has 0 radical (unpaired) electrons. The van der Waals surface area contributed by atoms with Gasteiger partial charge >= 0.3 is 0 Å². The van der Waals surface area contributed by atoms with Crippen LogP contribution in [0.4, 0.5) is 0 Å². The first-order valence-electron chi connectivity index (χ1n) is 8.80. The third-order valence-electron chi connectivity index (χ3n) is 5.33. The lowest BCUT2D eigenvalue weighted by molar-refractivity contribution is 0.0307. The first kappa shape index (κ1) is 18.4. The highest BCUT2D eigenvalue weighted by molar-refractivity contribution is 5.25. The second-order valence-corrected chi connectivity index (χ2v) is 7.68. The summed E-state index contributed by atoms with van der Waals surface area (Å²) >= 11 is 0. The maximum absolute atomic E-state index is 10.4. The van der Waals surface area contributed by atoms with E-state index in [0.29, 0.717) is 6.10 Å². The lowest BCUT2D eigenvalue weighted by atomic mass is 9.89. The van der Waals surface area contributed by atoms with Gasteiger partial charge in [-0.25, -0.2) is 0 Å². The van der Waals surface area contributed by atoms with E-state index in [1.54, 1.807) is 6.92 Å². The predicted molar refractivity (Wildman–Crippen MR) is 94.3 cm³/mol. The van der Waals surface area contributed by atoms with Crippen LogP contribution in [0, 0.1) is 0 Å². The number of aliphatic hydroxyl groups is 2. The zero-order valence-electron chi connectivity index (χ0n) is 15.1. The topological polar surface area (TPSA) is 53.0 Å². The van der Waals surface area contributed by atoms with E-state index < -0.39 is 5.60 Å². The number of fused-ring (bicyclic) bond motifs is 1. The van der Waals surface area contributed by atoms with Gasteiger partial charge in [0.25, 0.3) is 0 Å². The summed E-state index contributed by atoms with van der Waals surface area (Å²) in [5.41, 5.74) is 2.45. The van der Waals surface area contributed by atoms with Gasteiger partial charge in [0.1, 0.15) is 5.60 Å². The van der Waals surface area contributed by atoms with Crippen molar-refractivity contribution in [3.05, 3.63) is 34.9 Å². The van der Waals surface area contributed by atoms with Gasteiger partial charge in [-0.3, -0.25) is 0 Å². The van der Waals surface area contributed by atoms with Gasteiger partial charge in [0.15, 0.2) is 0 Å². The summed E-state index contributed by atoms with van der Waals surface area (Å²) < 4.78 is 5.91. The molecule has 2 N–H and O–H groups in total. The predicted octanol–water partition coefficient (Wildman–Crippen LogP) is 4.06. The Kier molecular flexibility index (Phi) is 5.88. The molecule has 1 fully saturated rings. The van der Waals surface area contributed by atoms with Crippen LogP contribution in [0.1, 0.15) is 66.2 Å². The van der Waals surface area contributed by atoms with Crippen molar-refractivity contribution in [1.82, 2.24) is 0 Å². The second kappa shape index (κ2) is 7.33. The number of ether oxygens (including phenoxy) is 1. The van der Waals surface area contributed by atoms with Gasteiger partial charge in [0.05, 0.1) is 18.3 Å². The van der Waals surface area contributed by atoms with Gasteiger partial charge in [-0.05, 0) is 71.8 Å². The molecule has 2 rings (SSSR count). The van der Waals surface area contributed by atoms with Crippen LogP contribution >= 0.6 is 0 Å². The van der Waals surface area contributed by atoms with Crippen LogP contribution in [0.5, 0.6) is 0 Å². The Morgan fingerprint density at radius 3 is 2.65 bits per heavy atom. The zero-order valence-corrected chi connectivity index (χ0v) is 15.1. The molecule has 1 saturated heterocycles. The summed E-state index contributed by atoms with van der Waals surface area (Å²) in [7, 11) is 0. The molecule has 130 valence electrons. The highest BCUT2D eigenvalue weighted by Gasteiger charge is 2.50. The van der Waals surface area contributed by atoms with Crippen LogP contribution in [0.25, 0.3) is 0 Å². The minimum Gasteiger partial charge on any atom is -0.393 e. The maximum atomic E-state index is 10.4. The first-order chi connectivity index (χ1) is 10.8. The van der Waals surface area contributed by atoms with Crippen molar-refractivity contribution in [3.63, 3.8) is 0 Å². The van der Waals surface area contributed by atoms with Crippen LogP contribution in [-0.2, 0) is 4.74 Å². The fourth-order valence-electron chi connectivity index (χ4n) is 3.23. The van der Waals surface area contributed by atoms with E-state index in [0.717, 1.165) is 44.1 Å². The molecule has 0 spiro atoms. The quantitative estimate of drug-likeness (QED) is 0.596. The molecule has 0 saturated carbocycles. The Morgan fingerprint density at radius 2 is 1.96 bits per heavy atom. The summed E-state index contributed by atoms with van der Waals surface area (Å²) in [5, 5.41) is 19.9. The fourth-order valence-corrected chi connectivity index (χ4v) is 3.23. The van der Waals surface area contributed by atoms with Gasteiger partial charge in [-0.1, -0.05) is 29.4 Å². The lowest BCUT2D eigenvalue weighted by Gasteiger charge is -2.24. The SMILES string of the molecule is C/C1=C\CCC2(C)OC2CC/C(C)=C/C=C(/C(C)(O)CO)CC1. The van der Waals surface area contributed by atoms with Crippen molar-refractivity contribution in [2.24, 2.45) is 0 Å². The van der Waals surface area contributed by atoms with Gasteiger partial charge in [0.2, 0.25) is 0 Å². The molecule has 0 aromatic rings. The molecule has 0 amide bonds. The molecule has 3 heteroatoms. The molecule has 0 aromatic heterocycles. The molecule has 1 aliphatic carbocycles. The fraction of sp³-hybridized carbons (Fsp3) is 0.700. The molecule has 0 bridgehead atoms. The highest BCUT2D eigenvalue weighted by Crippen LogP contribution is 2.43. The Balaban J connectivity index is 2.18. The summed E-state index contributed by atoms with van der Waals surface area (Å²) in [6.07, 6.45) is 12.6. The molecule has 3 atom stereocenters. The number of aliphatic hydroxyl groups excluding tert-OH is 1. The summed E-state index contributed by atoms with van der Waals surface area (Å²) in [5.74, 6) is 0. The van der Waals surface area contributed by atoms with Gasteiger partial charge in [-0.2, -0.15) is 0 Å². The van der Waals surface area contributed by atoms with Crippen LogP contribution in [-0.4, -0.2) is 34.1 Å². The van der Waals surface area contributed by atoms with E-state index in [1.165, 1.54) is 11.1 Å². The third-order valence-corrected chi connectivity index (χ3v) is 5.33. The summed E-state index contributed by atoms with van der Waals surface area (Å²) in [6.45, 7) is 7.93. The number of hydrogen-bond acceptors (Lipinski definition) is 3. The van der Waals surface area contributed by atoms with Crippen molar-refractivity contribution in [3.8, 4) is 0 Å². The van der Waals surface area contributed by atoms with Gasteiger partial charge < -0.3 is 14.9 Å². The number of epoxide rings is 1. The second-order valence-electron chi connectivity index (χ2n) is 7.68. The monoisotopic (exact) mass is 320 g/mol. The Hall–Kier alpha value is -0.900. The average Bonchev–Trinajstić information content (AvgIpc) is 3.14. The van der Waals surface area contributed by atoms with Crippen LogP contribution in [0.3, 0.4) is 0 Å². The number of allylic oxidation sites excluding steroid dienone is 5. The van der Waals surface area contributed by atoms with Crippen molar-refractivity contribution < 1.29 is 14.9 Å². The maximum Gasteiger partial charge on any atom is 0.106 e. The molecular formula is C20H32O3. The molecule has 23 heavy (non-hydrogen) atoms. The van der Waals surface area contributed by atoms with Crippen molar-refractivity contribution in [1.29, 1.82) is 0 Å². The normalized spacial score (nSPS) is 39.4. The van der Waals surface area contributed by atoms with E-state index >= 15 is 0 Å². The molecule has 0 aromatic carbocycles. The number of rotatable bonds is 2.